The second-order valence-corrected chi connectivity index (χ2v) is 6.37. The fourth-order valence-electron chi connectivity index (χ4n) is 2.11. The Balaban J connectivity index is 2.39. The van der Waals surface area contributed by atoms with E-state index in [4.69, 9.17) is 30.5 Å². The van der Waals surface area contributed by atoms with Crippen LogP contribution >= 0.6 is 34.2 Å². The van der Waals surface area contributed by atoms with E-state index in [9.17, 15) is 4.79 Å². The number of esters is 1. The summed E-state index contributed by atoms with van der Waals surface area (Å²) in [5.41, 5.74) is 1.07. The van der Waals surface area contributed by atoms with Gasteiger partial charge in [0.15, 0.2) is 0 Å². The number of hydrogen-bond acceptors (Lipinski definition) is 5. The summed E-state index contributed by atoms with van der Waals surface area (Å²) in [5.74, 6) is 1.21. The molecule has 0 fully saturated rings. The minimum atomic E-state index is -0.539. The minimum absolute atomic E-state index is 0.325. The lowest BCUT2D eigenvalue weighted by molar-refractivity contribution is 0.0729. The highest BCUT2D eigenvalue weighted by molar-refractivity contribution is 14.1. The van der Waals surface area contributed by atoms with Crippen LogP contribution in [0, 0.1) is 10.5 Å². The van der Waals surface area contributed by atoms with Crippen molar-refractivity contribution in [3.63, 3.8) is 0 Å². The zero-order valence-corrected chi connectivity index (χ0v) is 16.5. The van der Waals surface area contributed by atoms with Gasteiger partial charge in [0.1, 0.15) is 28.6 Å². The van der Waals surface area contributed by atoms with Gasteiger partial charge >= 0.3 is 5.97 Å². The molecule has 0 atom stereocenters. The van der Waals surface area contributed by atoms with Gasteiger partial charge in [-0.2, -0.15) is 0 Å². The zero-order valence-electron chi connectivity index (χ0n) is 13.6. The number of halogens is 2. The molecule has 0 aliphatic rings. The average Bonchev–Trinajstić information content (AvgIpc) is 2.56. The smallest absolute Gasteiger partial charge is 0.348 e. The van der Waals surface area contributed by atoms with Crippen LogP contribution in [0.5, 0.6) is 23.0 Å². The lowest BCUT2D eigenvalue weighted by atomic mass is 10.2. The summed E-state index contributed by atoms with van der Waals surface area (Å²) in [6.07, 6.45) is 0. The van der Waals surface area contributed by atoms with Crippen molar-refractivity contribution >= 4 is 40.2 Å². The van der Waals surface area contributed by atoms with Crippen LogP contribution in [0.1, 0.15) is 15.9 Å². The van der Waals surface area contributed by atoms with E-state index in [-0.39, 0.29) is 0 Å². The van der Waals surface area contributed by atoms with E-state index >= 15 is 0 Å². The fraction of sp³-hybridized carbons (Fsp3) is 0.235. The molecule has 128 valence electrons. The van der Waals surface area contributed by atoms with Crippen molar-refractivity contribution in [2.75, 3.05) is 21.3 Å². The third-order valence-corrected chi connectivity index (χ3v) is 4.65. The Morgan fingerprint density at radius 2 is 1.58 bits per heavy atom. The minimum Gasteiger partial charge on any atom is -0.497 e. The molecule has 0 heterocycles. The van der Waals surface area contributed by atoms with E-state index in [0.29, 0.717) is 37.2 Å². The third kappa shape index (κ3) is 3.87. The van der Waals surface area contributed by atoms with Gasteiger partial charge in [0, 0.05) is 15.7 Å². The second kappa shape index (κ2) is 7.94. The van der Waals surface area contributed by atoms with E-state index < -0.39 is 5.97 Å². The number of ether oxygens (including phenoxy) is 4. The first kappa shape index (κ1) is 18.7. The van der Waals surface area contributed by atoms with Gasteiger partial charge in [-0.15, -0.1) is 0 Å². The average molecular weight is 463 g/mol. The molecule has 0 amide bonds. The van der Waals surface area contributed by atoms with Crippen LogP contribution in [-0.4, -0.2) is 27.3 Å². The Morgan fingerprint density at radius 1 is 0.958 bits per heavy atom. The van der Waals surface area contributed by atoms with Gasteiger partial charge in [0.2, 0.25) is 0 Å². The molecule has 0 radical (unpaired) electrons. The standard InChI is InChI=1S/C17H16ClIO5/c1-9-5-11(8-14(23-4)16(9)18)24-17(20)15-12(19)6-10(21-2)7-13(15)22-3/h5-8H,1-4H3. The molecule has 2 aromatic rings. The number of carbonyl (C=O) groups is 1. The Kier molecular flexibility index (Phi) is 6.17. The fourth-order valence-corrected chi connectivity index (χ4v) is 3.08. The highest BCUT2D eigenvalue weighted by Crippen LogP contribution is 2.34. The van der Waals surface area contributed by atoms with E-state index in [0.717, 1.165) is 5.56 Å². The van der Waals surface area contributed by atoms with Crippen molar-refractivity contribution in [2.45, 2.75) is 6.92 Å². The van der Waals surface area contributed by atoms with Crippen molar-refractivity contribution in [3.05, 3.63) is 44.0 Å². The third-order valence-electron chi connectivity index (χ3n) is 3.31. The first-order chi connectivity index (χ1) is 11.4. The van der Waals surface area contributed by atoms with Crippen molar-refractivity contribution < 1.29 is 23.7 Å². The number of benzene rings is 2. The van der Waals surface area contributed by atoms with Gasteiger partial charge in [-0.1, -0.05) is 11.6 Å². The monoisotopic (exact) mass is 462 g/mol. The molecule has 24 heavy (non-hydrogen) atoms. The zero-order chi connectivity index (χ0) is 17.9. The number of methoxy groups -OCH3 is 3. The van der Waals surface area contributed by atoms with E-state index in [2.05, 4.69) is 0 Å². The Bertz CT molecular complexity index is 776. The van der Waals surface area contributed by atoms with Crippen LogP contribution in [0.4, 0.5) is 0 Å². The maximum atomic E-state index is 12.6. The van der Waals surface area contributed by atoms with Gasteiger partial charge in [-0.3, -0.25) is 0 Å². The van der Waals surface area contributed by atoms with Crippen LogP contribution in [0.3, 0.4) is 0 Å². The number of hydrogen-bond donors (Lipinski definition) is 0. The maximum Gasteiger partial charge on any atom is 0.348 e. The lowest BCUT2D eigenvalue weighted by Gasteiger charge is -2.13. The molecule has 7 heteroatoms. The maximum absolute atomic E-state index is 12.6. The lowest BCUT2D eigenvalue weighted by Crippen LogP contribution is -2.12. The first-order valence-electron chi connectivity index (χ1n) is 6.89. The SMILES string of the molecule is COc1cc(I)c(C(=O)Oc2cc(C)c(Cl)c(OC)c2)c(OC)c1. The van der Waals surface area contributed by atoms with Gasteiger partial charge in [-0.25, -0.2) is 4.79 Å². The summed E-state index contributed by atoms with van der Waals surface area (Å²) in [6.45, 7) is 1.81. The Hall–Kier alpha value is -1.67. The van der Waals surface area contributed by atoms with Crippen LogP contribution in [0.25, 0.3) is 0 Å². The van der Waals surface area contributed by atoms with E-state index in [1.165, 1.54) is 14.2 Å². The first-order valence-corrected chi connectivity index (χ1v) is 8.34. The highest BCUT2D eigenvalue weighted by atomic mass is 127. The predicted octanol–water partition coefficient (Wildman–Crippen LogP) is 4.50. The Morgan fingerprint density at radius 3 is 2.17 bits per heavy atom. The van der Waals surface area contributed by atoms with Crippen LogP contribution in [0.15, 0.2) is 24.3 Å². The van der Waals surface area contributed by atoms with Crippen molar-refractivity contribution in [1.82, 2.24) is 0 Å². The molecule has 0 spiro atoms. The molecular formula is C17H16ClIO5. The molecule has 2 aromatic carbocycles. The molecule has 0 saturated carbocycles. The van der Waals surface area contributed by atoms with Crippen molar-refractivity contribution in [2.24, 2.45) is 0 Å². The summed E-state index contributed by atoms with van der Waals surface area (Å²) < 4.78 is 21.8. The quantitative estimate of drug-likeness (QED) is 0.372. The largest absolute Gasteiger partial charge is 0.497 e. The normalized spacial score (nSPS) is 10.2. The highest BCUT2D eigenvalue weighted by Gasteiger charge is 2.21. The van der Waals surface area contributed by atoms with Gasteiger partial charge in [0.05, 0.1) is 26.4 Å². The molecule has 0 aromatic heterocycles. The number of aryl methyl sites for hydroxylation is 1. The van der Waals surface area contributed by atoms with E-state index in [1.54, 1.807) is 38.3 Å². The Labute approximate surface area is 158 Å². The van der Waals surface area contributed by atoms with Crippen LogP contribution < -0.4 is 18.9 Å². The molecule has 0 N–H and O–H groups in total. The number of carbonyl (C=O) groups excluding carboxylic acids is 1. The molecule has 0 saturated heterocycles. The summed E-state index contributed by atoms with van der Waals surface area (Å²) in [6, 6.07) is 6.60. The summed E-state index contributed by atoms with van der Waals surface area (Å²) in [7, 11) is 4.53. The van der Waals surface area contributed by atoms with Gasteiger partial charge in [-0.05, 0) is 47.2 Å². The van der Waals surface area contributed by atoms with Crippen molar-refractivity contribution in [3.8, 4) is 23.0 Å². The summed E-state index contributed by atoms with van der Waals surface area (Å²) in [5, 5.41) is 0.480. The van der Waals surface area contributed by atoms with Crippen molar-refractivity contribution in [1.29, 1.82) is 0 Å². The van der Waals surface area contributed by atoms with Crippen LogP contribution in [0.2, 0.25) is 5.02 Å². The molecule has 0 unspecified atom stereocenters. The molecule has 0 bridgehead atoms. The van der Waals surface area contributed by atoms with Gasteiger partial charge < -0.3 is 18.9 Å². The molecule has 2 rings (SSSR count). The molecule has 5 nitrogen and oxygen atoms in total. The van der Waals surface area contributed by atoms with Crippen LogP contribution in [-0.2, 0) is 0 Å². The molecule has 0 aliphatic carbocycles. The van der Waals surface area contributed by atoms with E-state index in [1.807, 2.05) is 22.6 Å². The topological polar surface area (TPSA) is 54.0 Å². The van der Waals surface area contributed by atoms with Gasteiger partial charge in [0.25, 0.3) is 0 Å². The number of rotatable bonds is 5. The second-order valence-electron chi connectivity index (χ2n) is 4.83. The summed E-state index contributed by atoms with van der Waals surface area (Å²) in [4.78, 5) is 12.6. The molecular weight excluding hydrogens is 447 g/mol. The molecule has 0 aliphatic heterocycles. The predicted molar refractivity (Wildman–Crippen MR) is 100.0 cm³/mol. The summed E-state index contributed by atoms with van der Waals surface area (Å²) >= 11 is 8.16.